The van der Waals surface area contributed by atoms with Gasteiger partial charge in [-0.3, -0.25) is 0 Å². The van der Waals surface area contributed by atoms with Gasteiger partial charge in [0.2, 0.25) is 0 Å². The Morgan fingerprint density at radius 2 is 1.12 bits per heavy atom. The van der Waals surface area contributed by atoms with Crippen LogP contribution in [-0.2, 0) is 0 Å². The first-order chi connectivity index (χ1) is 7.91. The Bertz CT molecular complexity index is 196. The van der Waals surface area contributed by atoms with Crippen LogP contribution in [0.3, 0.4) is 0 Å². The molecule has 0 unspecified atom stereocenters. The average molecular weight is 220 g/mol. The standard InChI is InChI=1S/C16H28/c1-3-5-7-9-11-13-15-16-14-12-10-8-6-4-2/h7,9,12-15H,3-6,8,10-11,16H2,1-2H3/b9-7+,14-12+,15-13+. The lowest BCUT2D eigenvalue weighted by atomic mass is 10.2. The molecule has 0 aromatic heterocycles. The molecule has 0 rings (SSSR count). The zero-order valence-corrected chi connectivity index (χ0v) is 11.1. The predicted octanol–water partition coefficient (Wildman–Crippen LogP) is 5.82. The van der Waals surface area contributed by atoms with Crippen molar-refractivity contribution >= 4 is 0 Å². The number of hydrogen-bond donors (Lipinski definition) is 0. The third-order valence-corrected chi connectivity index (χ3v) is 2.47. The molecule has 0 aliphatic rings. The lowest BCUT2D eigenvalue weighted by molar-refractivity contribution is 0.728. The van der Waals surface area contributed by atoms with Gasteiger partial charge in [0, 0.05) is 0 Å². The molecule has 0 heteroatoms. The Labute approximate surface area is 102 Å². The summed E-state index contributed by atoms with van der Waals surface area (Å²) in [4.78, 5) is 0. The van der Waals surface area contributed by atoms with Crippen molar-refractivity contribution in [2.45, 2.75) is 65.2 Å². The van der Waals surface area contributed by atoms with Crippen molar-refractivity contribution in [1.29, 1.82) is 0 Å². The maximum Gasteiger partial charge on any atom is -0.0169 e. The van der Waals surface area contributed by atoms with Crippen molar-refractivity contribution in [1.82, 2.24) is 0 Å². The lowest BCUT2D eigenvalue weighted by Crippen LogP contribution is -1.70. The highest BCUT2D eigenvalue weighted by atomic mass is 13.9. The van der Waals surface area contributed by atoms with E-state index in [2.05, 4.69) is 50.3 Å². The maximum absolute atomic E-state index is 2.31. The van der Waals surface area contributed by atoms with Crippen molar-refractivity contribution in [3.8, 4) is 0 Å². The molecule has 0 heterocycles. The minimum atomic E-state index is 1.09. The van der Waals surface area contributed by atoms with Crippen LogP contribution in [-0.4, -0.2) is 0 Å². The Morgan fingerprint density at radius 1 is 0.562 bits per heavy atom. The van der Waals surface area contributed by atoms with Crippen LogP contribution in [0.25, 0.3) is 0 Å². The first-order valence-corrected chi connectivity index (χ1v) is 6.86. The summed E-state index contributed by atoms with van der Waals surface area (Å²) < 4.78 is 0. The molecule has 0 atom stereocenters. The summed E-state index contributed by atoms with van der Waals surface area (Å²) in [5, 5.41) is 0. The highest BCUT2D eigenvalue weighted by Gasteiger charge is 1.80. The molecule has 0 saturated carbocycles. The van der Waals surface area contributed by atoms with Gasteiger partial charge in [-0.2, -0.15) is 0 Å². The highest BCUT2D eigenvalue weighted by Crippen LogP contribution is 2.00. The average Bonchev–Trinajstić information content (AvgIpc) is 2.31. The van der Waals surface area contributed by atoms with E-state index in [9.17, 15) is 0 Å². The molecule has 0 radical (unpaired) electrons. The molecule has 0 amide bonds. The second-order valence-electron chi connectivity index (χ2n) is 4.17. The summed E-state index contributed by atoms with van der Waals surface area (Å²) in [5.74, 6) is 0. The van der Waals surface area contributed by atoms with Gasteiger partial charge in [0.25, 0.3) is 0 Å². The number of unbranched alkanes of at least 4 members (excludes halogenated alkanes) is 4. The lowest BCUT2D eigenvalue weighted by Gasteiger charge is -1.90. The van der Waals surface area contributed by atoms with Crippen LogP contribution < -0.4 is 0 Å². The van der Waals surface area contributed by atoms with Crippen molar-refractivity contribution in [2.24, 2.45) is 0 Å². The molecule has 0 aliphatic carbocycles. The molecule has 16 heavy (non-hydrogen) atoms. The largest absolute Gasteiger partial charge is 0.0882 e. The zero-order chi connectivity index (χ0) is 11.9. The number of rotatable bonds is 10. The zero-order valence-electron chi connectivity index (χ0n) is 11.1. The fraction of sp³-hybridized carbons (Fsp3) is 0.625. The molecule has 92 valence electrons. The van der Waals surface area contributed by atoms with E-state index < -0.39 is 0 Å². The highest BCUT2D eigenvalue weighted by molar-refractivity contribution is 4.97. The Balaban J connectivity index is 3.26. The molecular formula is C16H28. The summed E-state index contributed by atoms with van der Waals surface area (Å²) >= 11 is 0. The summed E-state index contributed by atoms with van der Waals surface area (Å²) in [6.45, 7) is 4.46. The van der Waals surface area contributed by atoms with Crippen LogP contribution in [0.5, 0.6) is 0 Å². The Hall–Kier alpha value is -0.780. The van der Waals surface area contributed by atoms with Crippen LogP contribution in [0.15, 0.2) is 36.5 Å². The Morgan fingerprint density at radius 3 is 1.69 bits per heavy atom. The summed E-state index contributed by atoms with van der Waals surface area (Å²) in [7, 11) is 0. The van der Waals surface area contributed by atoms with Gasteiger partial charge < -0.3 is 0 Å². The minimum absolute atomic E-state index is 1.09. The van der Waals surface area contributed by atoms with E-state index in [1.807, 2.05) is 0 Å². The molecule has 0 aliphatic heterocycles. The third kappa shape index (κ3) is 13.2. The molecule has 0 N–H and O–H groups in total. The van der Waals surface area contributed by atoms with E-state index in [0.717, 1.165) is 12.8 Å². The molecular weight excluding hydrogens is 192 g/mol. The third-order valence-electron chi connectivity index (χ3n) is 2.47. The fourth-order valence-corrected chi connectivity index (χ4v) is 1.46. The van der Waals surface area contributed by atoms with Gasteiger partial charge in [-0.1, -0.05) is 69.6 Å². The molecule has 0 nitrogen and oxygen atoms in total. The topological polar surface area (TPSA) is 0 Å². The van der Waals surface area contributed by atoms with Crippen molar-refractivity contribution in [2.75, 3.05) is 0 Å². The van der Waals surface area contributed by atoms with E-state index in [0.29, 0.717) is 0 Å². The van der Waals surface area contributed by atoms with Gasteiger partial charge in [-0.15, -0.1) is 0 Å². The smallest absolute Gasteiger partial charge is 0.0169 e. The predicted molar refractivity (Wildman–Crippen MR) is 75.7 cm³/mol. The van der Waals surface area contributed by atoms with Crippen LogP contribution in [0.4, 0.5) is 0 Å². The normalized spacial score (nSPS) is 12.4. The first-order valence-electron chi connectivity index (χ1n) is 6.86. The van der Waals surface area contributed by atoms with E-state index in [-0.39, 0.29) is 0 Å². The monoisotopic (exact) mass is 220 g/mol. The molecule has 0 aromatic carbocycles. The van der Waals surface area contributed by atoms with Crippen molar-refractivity contribution < 1.29 is 0 Å². The van der Waals surface area contributed by atoms with Gasteiger partial charge in [0.1, 0.15) is 0 Å². The quantitative estimate of drug-likeness (QED) is 0.321. The summed E-state index contributed by atoms with van der Waals surface area (Å²) in [6.07, 6.45) is 23.5. The van der Waals surface area contributed by atoms with E-state index >= 15 is 0 Å². The van der Waals surface area contributed by atoms with Crippen molar-refractivity contribution in [3.05, 3.63) is 36.5 Å². The van der Waals surface area contributed by atoms with Crippen LogP contribution in [0.1, 0.15) is 65.2 Å². The summed E-state index contributed by atoms with van der Waals surface area (Å²) in [6, 6.07) is 0. The minimum Gasteiger partial charge on any atom is -0.0882 e. The van der Waals surface area contributed by atoms with Crippen molar-refractivity contribution in [3.63, 3.8) is 0 Å². The number of allylic oxidation sites excluding steroid dienone is 6. The van der Waals surface area contributed by atoms with Crippen LogP contribution in [0.2, 0.25) is 0 Å². The van der Waals surface area contributed by atoms with E-state index in [4.69, 9.17) is 0 Å². The molecule has 0 spiro atoms. The Kier molecular flexibility index (Phi) is 13.5. The van der Waals surface area contributed by atoms with Gasteiger partial charge in [0.15, 0.2) is 0 Å². The molecule has 0 saturated heterocycles. The summed E-state index contributed by atoms with van der Waals surface area (Å²) in [5.41, 5.74) is 0. The van der Waals surface area contributed by atoms with E-state index in [1.54, 1.807) is 0 Å². The van der Waals surface area contributed by atoms with Gasteiger partial charge in [-0.05, 0) is 32.1 Å². The van der Waals surface area contributed by atoms with Crippen LogP contribution in [0, 0.1) is 0 Å². The molecule has 0 bridgehead atoms. The van der Waals surface area contributed by atoms with E-state index in [1.165, 1.54) is 38.5 Å². The SMILES string of the molecule is CCC/C=C/C/C=C/C/C=C/CCCCC. The second-order valence-corrected chi connectivity index (χ2v) is 4.17. The van der Waals surface area contributed by atoms with Gasteiger partial charge in [0.05, 0.1) is 0 Å². The molecule has 0 aromatic rings. The fourth-order valence-electron chi connectivity index (χ4n) is 1.46. The first kappa shape index (κ1) is 15.2. The van der Waals surface area contributed by atoms with Gasteiger partial charge >= 0.3 is 0 Å². The maximum atomic E-state index is 2.31. The molecule has 0 fully saturated rings. The van der Waals surface area contributed by atoms with Gasteiger partial charge in [-0.25, -0.2) is 0 Å². The van der Waals surface area contributed by atoms with Crippen LogP contribution >= 0.6 is 0 Å². The number of hydrogen-bond acceptors (Lipinski definition) is 0. The second kappa shape index (κ2) is 14.2.